The quantitative estimate of drug-likeness (QED) is 0.174. The molecule has 4 aliphatic rings. The minimum absolute atomic E-state index is 0.0153. The zero-order chi connectivity index (χ0) is 28.4. The van der Waals surface area contributed by atoms with Crippen LogP contribution in [-0.4, -0.2) is 11.3 Å². The fraction of sp³-hybridized carbons (Fsp3) is 0.150. The van der Waals surface area contributed by atoms with E-state index < -0.39 is 0 Å². The van der Waals surface area contributed by atoms with Crippen molar-refractivity contribution >= 4 is 56.3 Å². The summed E-state index contributed by atoms with van der Waals surface area (Å²) in [4.78, 5) is 0. The Balaban J connectivity index is 1.32. The third-order valence-electron chi connectivity index (χ3n) is 11.3. The van der Waals surface area contributed by atoms with Crippen LogP contribution in [0.1, 0.15) is 59.6 Å². The molecule has 0 bridgehead atoms. The van der Waals surface area contributed by atoms with Crippen molar-refractivity contribution in [3.8, 4) is 11.1 Å². The summed E-state index contributed by atoms with van der Waals surface area (Å²) in [6, 6.07) is 36.6. The molecular weight excluding hydrogens is 521 g/mol. The zero-order valence-electron chi connectivity index (χ0n) is 24.5. The SMILES string of the molecule is Cc1cc2c3c(c1)C1CC4=C(c5ccccc5C4(C)C)c4cccc(c41)B3n1c3c-2cccc3c2oc3ccccc3c21. The molecule has 0 radical (unpaired) electrons. The van der Waals surface area contributed by atoms with Gasteiger partial charge in [0, 0.05) is 33.2 Å². The van der Waals surface area contributed by atoms with Crippen molar-refractivity contribution in [1.29, 1.82) is 0 Å². The summed E-state index contributed by atoms with van der Waals surface area (Å²) >= 11 is 0. The van der Waals surface area contributed by atoms with Gasteiger partial charge in [0.2, 0.25) is 0 Å². The summed E-state index contributed by atoms with van der Waals surface area (Å²) in [5, 5.41) is 2.40. The Morgan fingerprint density at radius 2 is 1.53 bits per heavy atom. The van der Waals surface area contributed by atoms with Crippen molar-refractivity contribution < 1.29 is 4.42 Å². The van der Waals surface area contributed by atoms with Gasteiger partial charge in [0.25, 0.3) is 0 Å². The molecule has 0 N–H and O–H groups in total. The number of allylic oxidation sites excluding steroid dienone is 1. The number of furan rings is 1. The molecular formula is C40H28BNO. The van der Waals surface area contributed by atoms with Crippen LogP contribution in [0.2, 0.25) is 0 Å². The second-order valence-electron chi connectivity index (χ2n) is 13.7. The number of hydrogen-bond acceptors (Lipinski definition) is 1. The van der Waals surface area contributed by atoms with E-state index in [0.717, 1.165) is 17.6 Å². The van der Waals surface area contributed by atoms with E-state index >= 15 is 0 Å². The highest BCUT2D eigenvalue weighted by Crippen LogP contribution is 2.57. The number of benzene rings is 5. The lowest BCUT2D eigenvalue weighted by Gasteiger charge is -2.42. The second-order valence-corrected chi connectivity index (χ2v) is 13.7. The van der Waals surface area contributed by atoms with Crippen LogP contribution in [0.25, 0.3) is 49.7 Å². The number of hydrogen-bond donors (Lipinski definition) is 0. The molecule has 2 aliphatic carbocycles. The van der Waals surface area contributed by atoms with Gasteiger partial charge in [0.05, 0.1) is 5.52 Å². The van der Waals surface area contributed by atoms with E-state index in [1.165, 1.54) is 82.8 Å². The number of aryl methyl sites for hydroxylation is 1. The molecule has 0 amide bonds. The summed E-state index contributed by atoms with van der Waals surface area (Å²) in [6.45, 7) is 7.25. The Labute approximate surface area is 250 Å². The molecule has 3 heteroatoms. The number of aromatic nitrogens is 1. The summed E-state index contributed by atoms with van der Waals surface area (Å²) in [5.41, 5.74) is 22.0. The van der Waals surface area contributed by atoms with Gasteiger partial charge in [0.1, 0.15) is 5.58 Å². The van der Waals surface area contributed by atoms with E-state index in [-0.39, 0.29) is 12.3 Å². The molecule has 2 aliphatic heterocycles. The van der Waals surface area contributed by atoms with E-state index in [1.54, 1.807) is 5.57 Å². The molecule has 43 heavy (non-hydrogen) atoms. The van der Waals surface area contributed by atoms with Gasteiger partial charge in [-0.1, -0.05) is 104 Å². The molecule has 7 aromatic rings. The summed E-state index contributed by atoms with van der Waals surface area (Å²) < 4.78 is 9.30. The van der Waals surface area contributed by atoms with Gasteiger partial charge in [-0.25, -0.2) is 0 Å². The number of para-hydroxylation sites is 2. The Hall–Kier alpha value is -4.76. The van der Waals surface area contributed by atoms with Gasteiger partial charge in [-0.05, 0) is 81.4 Å². The largest absolute Gasteiger partial charge is 0.454 e. The van der Waals surface area contributed by atoms with Crippen molar-refractivity contribution in [2.75, 3.05) is 0 Å². The van der Waals surface area contributed by atoms with Crippen LogP contribution < -0.4 is 10.9 Å². The lowest BCUT2D eigenvalue weighted by atomic mass is 9.40. The highest BCUT2D eigenvalue weighted by atomic mass is 16.3. The first-order valence-electron chi connectivity index (χ1n) is 15.6. The maximum Gasteiger partial charge on any atom is 0.329 e. The first-order valence-corrected chi connectivity index (χ1v) is 15.6. The minimum atomic E-state index is 0.0153. The van der Waals surface area contributed by atoms with Gasteiger partial charge in [-0.15, -0.1) is 0 Å². The summed E-state index contributed by atoms with van der Waals surface area (Å²) in [6.07, 6.45) is 1.07. The smallest absolute Gasteiger partial charge is 0.329 e. The predicted molar refractivity (Wildman–Crippen MR) is 178 cm³/mol. The molecule has 2 aromatic heterocycles. The highest BCUT2D eigenvalue weighted by Gasteiger charge is 2.49. The lowest BCUT2D eigenvalue weighted by molar-refractivity contribution is 0.585. The fourth-order valence-electron chi connectivity index (χ4n) is 9.64. The maximum atomic E-state index is 6.65. The Morgan fingerprint density at radius 1 is 0.767 bits per heavy atom. The minimum Gasteiger partial charge on any atom is -0.454 e. The van der Waals surface area contributed by atoms with Crippen molar-refractivity contribution in [1.82, 2.24) is 4.48 Å². The van der Waals surface area contributed by atoms with Crippen LogP contribution in [0.4, 0.5) is 0 Å². The Kier molecular flexibility index (Phi) is 3.83. The molecule has 202 valence electrons. The molecule has 5 aromatic carbocycles. The van der Waals surface area contributed by atoms with Crippen LogP contribution in [0.5, 0.6) is 0 Å². The summed E-state index contributed by atoms with van der Waals surface area (Å²) in [7, 11) is 0. The predicted octanol–water partition coefficient (Wildman–Crippen LogP) is 8.43. The molecule has 11 rings (SSSR count). The molecule has 0 spiro atoms. The maximum absolute atomic E-state index is 6.65. The highest BCUT2D eigenvalue weighted by molar-refractivity contribution is 6.88. The molecule has 4 heterocycles. The van der Waals surface area contributed by atoms with E-state index in [9.17, 15) is 0 Å². The van der Waals surface area contributed by atoms with E-state index in [0.29, 0.717) is 5.92 Å². The second kappa shape index (κ2) is 7.23. The average Bonchev–Trinajstić information content (AvgIpc) is 3.63. The summed E-state index contributed by atoms with van der Waals surface area (Å²) in [5.74, 6) is 0.344. The number of nitrogens with zero attached hydrogens (tertiary/aromatic N) is 1. The average molecular weight is 549 g/mol. The van der Waals surface area contributed by atoms with Gasteiger partial charge >= 0.3 is 6.85 Å². The fourth-order valence-corrected chi connectivity index (χ4v) is 9.64. The molecule has 1 unspecified atom stereocenters. The van der Waals surface area contributed by atoms with Gasteiger partial charge in [0.15, 0.2) is 5.58 Å². The van der Waals surface area contributed by atoms with E-state index in [1.807, 2.05) is 0 Å². The standard InChI is InChI=1S/C40H28BNO/c1-21-18-28-22-12-8-14-26-37(22)42(38-24-11-5-7-17-33(24)43-39(26)38)41-32-16-9-13-25-34-23-10-4-6-15-30(23)40(2,3)31(34)20-27(35(25)32)29(19-21)36(28)41/h4-19,27H,20H2,1-3H3. The third kappa shape index (κ3) is 2.46. The lowest BCUT2D eigenvalue weighted by Crippen LogP contribution is -2.57. The van der Waals surface area contributed by atoms with Crippen LogP contribution >= 0.6 is 0 Å². The van der Waals surface area contributed by atoms with Gasteiger partial charge in [-0.2, -0.15) is 0 Å². The first-order chi connectivity index (χ1) is 21.0. The monoisotopic (exact) mass is 549 g/mol. The molecule has 0 saturated heterocycles. The van der Waals surface area contributed by atoms with Crippen molar-refractivity contribution in [3.63, 3.8) is 0 Å². The van der Waals surface area contributed by atoms with Crippen LogP contribution in [0.15, 0.2) is 107 Å². The Morgan fingerprint density at radius 3 is 2.47 bits per heavy atom. The van der Waals surface area contributed by atoms with Gasteiger partial charge in [-0.3, -0.25) is 0 Å². The number of fused-ring (bicyclic) bond motifs is 12. The Bertz CT molecular complexity index is 2480. The third-order valence-corrected chi connectivity index (χ3v) is 11.3. The van der Waals surface area contributed by atoms with E-state index in [4.69, 9.17) is 4.42 Å². The topological polar surface area (TPSA) is 18.1 Å². The molecule has 1 atom stereocenters. The van der Waals surface area contributed by atoms with Crippen molar-refractivity contribution in [3.05, 3.63) is 136 Å². The first kappa shape index (κ1) is 22.8. The van der Waals surface area contributed by atoms with Crippen molar-refractivity contribution in [2.24, 2.45) is 0 Å². The van der Waals surface area contributed by atoms with Crippen molar-refractivity contribution in [2.45, 2.75) is 38.5 Å². The number of rotatable bonds is 0. The van der Waals surface area contributed by atoms with Crippen LogP contribution in [-0.2, 0) is 5.41 Å². The molecule has 0 fully saturated rings. The van der Waals surface area contributed by atoms with Crippen LogP contribution in [0, 0.1) is 6.92 Å². The van der Waals surface area contributed by atoms with Crippen LogP contribution in [0.3, 0.4) is 0 Å². The molecule has 0 saturated carbocycles. The normalized spacial score (nSPS) is 18.3. The zero-order valence-corrected chi connectivity index (χ0v) is 24.5. The van der Waals surface area contributed by atoms with Gasteiger partial charge < -0.3 is 8.90 Å². The van der Waals surface area contributed by atoms with E-state index in [2.05, 4.69) is 122 Å². The molecule has 2 nitrogen and oxygen atoms in total.